The van der Waals surface area contributed by atoms with Gasteiger partial charge in [-0.25, -0.2) is 4.98 Å². The molecule has 0 saturated heterocycles. The summed E-state index contributed by atoms with van der Waals surface area (Å²) in [5, 5.41) is 7.55. The van der Waals surface area contributed by atoms with Crippen molar-refractivity contribution >= 4 is 11.3 Å². The van der Waals surface area contributed by atoms with Crippen LogP contribution < -0.4 is 0 Å². The SMILES string of the molecule is Cc1nn(C)cc1-c1nc(C(C)(C)C)cs1. The number of aryl methyl sites for hydroxylation is 2. The molecule has 0 aliphatic carbocycles. The van der Waals surface area contributed by atoms with Crippen LogP contribution in [-0.4, -0.2) is 14.8 Å². The van der Waals surface area contributed by atoms with Crippen molar-refractivity contribution in [3.63, 3.8) is 0 Å². The van der Waals surface area contributed by atoms with Gasteiger partial charge < -0.3 is 0 Å². The fourth-order valence-electron chi connectivity index (χ4n) is 1.55. The topological polar surface area (TPSA) is 30.7 Å². The Kier molecular flexibility index (Phi) is 2.62. The molecule has 2 aromatic rings. The monoisotopic (exact) mass is 235 g/mol. The van der Waals surface area contributed by atoms with Gasteiger partial charge in [-0.2, -0.15) is 5.10 Å². The average Bonchev–Trinajstić information content (AvgIpc) is 2.70. The van der Waals surface area contributed by atoms with Crippen molar-refractivity contribution in [3.8, 4) is 10.6 Å². The minimum atomic E-state index is 0.116. The average molecular weight is 235 g/mol. The molecule has 2 heterocycles. The Morgan fingerprint density at radius 1 is 1.31 bits per heavy atom. The molecular weight excluding hydrogens is 218 g/mol. The van der Waals surface area contributed by atoms with Crippen LogP contribution in [0.3, 0.4) is 0 Å². The second-order valence-corrected chi connectivity index (χ2v) is 5.95. The maximum absolute atomic E-state index is 4.69. The first-order valence-electron chi connectivity index (χ1n) is 5.34. The van der Waals surface area contributed by atoms with Gasteiger partial charge in [0.1, 0.15) is 5.01 Å². The van der Waals surface area contributed by atoms with Gasteiger partial charge in [-0.3, -0.25) is 4.68 Å². The van der Waals surface area contributed by atoms with Gasteiger partial charge in [-0.1, -0.05) is 20.8 Å². The van der Waals surface area contributed by atoms with E-state index in [0.717, 1.165) is 22.0 Å². The van der Waals surface area contributed by atoms with Gasteiger partial charge in [0.2, 0.25) is 0 Å². The summed E-state index contributed by atoms with van der Waals surface area (Å²) in [4.78, 5) is 4.69. The van der Waals surface area contributed by atoms with Gasteiger partial charge in [-0.15, -0.1) is 11.3 Å². The second-order valence-electron chi connectivity index (χ2n) is 5.09. The molecular formula is C12H17N3S. The van der Waals surface area contributed by atoms with E-state index in [1.54, 1.807) is 11.3 Å². The molecule has 0 spiro atoms. The van der Waals surface area contributed by atoms with Crippen LogP contribution in [0.1, 0.15) is 32.2 Å². The van der Waals surface area contributed by atoms with E-state index in [0.29, 0.717) is 0 Å². The first-order chi connectivity index (χ1) is 7.38. The van der Waals surface area contributed by atoms with Crippen molar-refractivity contribution in [1.82, 2.24) is 14.8 Å². The molecule has 0 atom stereocenters. The Balaban J connectivity index is 2.43. The van der Waals surface area contributed by atoms with E-state index in [4.69, 9.17) is 4.98 Å². The molecule has 0 aromatic carbocycles. The molecule has 0 fully saturated rings. The number of rotatable bonds is 1. The molecule has 3 nitrogen and oxygen atoms in total. The lowest BCUT2D eigenvalue weighted by molar-refractivity contribution is 0.573. The van der Waals surface area contributed by atoms with E-state index in [2.05, 4.69) is 31.2 Å². The second kappa shape index (κ2) is 3.70. The summed E-state index contributed by atoms with van der Waals surface area (Å²) in [5.41, 5.74) is 3.45. The molecule has 2 aromatic heterocycles. The van der Waals surface area contributed by atoms with Crippen LogP contribution in [0.4, 0.5) is 0 Å². The van der Waals surface area contributed by atoms with Gasteiger partial charge in [0.25, 0.3) is 0 Å². The molecule has 0 aliphatic rings. The third-order valence-corrected chi connectivity index (χ3v) is 3.39. The van der Waals surface area contributed by atoms with Crippen LogP contribution in [0.15, 0.2) is 11.6 Å². The number of hydrogen-bond acceptors (Lipinski definition) is 3. The highest BCUT2D eigenvalue weighted by atomic mass is 32.1. The maximum Gasteiger partial charge on any atom is 0.127 e. The van der Waals surface area contributed by atoms with Crippen LogP contribution >= 0.6 is 11.3 Å². The standard InChI is InChI=1S/C12H17N3S/c1-8-9(6-15(5)14-8)11-13-10(7-16-11)12(2,3)4/h6-7H,1-5H3. The van der Waals surface area contributed by atoms with Crippen molar-refractivity contribution in [1.29, 1.82) is 0 Å². The Morgan fingerprint density at radius 2 is 2.00 bits per heavy atom. The summed E-state index contributed by atoms with van der Waals surface area (Å²) in [6.07, 6.45) is 2.03. The summed E-state index contributed by atoms with van der Waals surface area (Å²) >= 11 is 1.69. The van der Waals surface area contributed by atoms with Crippen molar-refractivity contribution in [2.45, 2.75) is 33.1 Å². The first-order valence-corrected chi connectivity index (χ1v) is 6.22. The predicted molar refractivity (Wildman–Crippen MR) is 67.8 cm³/mol. The minimum Gasteiger partial charge on any atom is -0.275 e. The van der Waals surface area contributed by atoms with Gasteiger partial charge in [0.15, 0.2) is 0 Å². The Bertz CT molecular complexity index is 503. The van der Waals surface area contributed by atoms with Crippen LogP contribution in [0.25, 0.3) is 10.6 Å². The Labute approximate surface area is 100 Å². The lowest BCUT2D eigenvalue weighted by Crippen LogP contribution is -2.11. The minimum absolute atomic E-state index is 0.116. The molecule has 4 heteroatoms. The molecule has 0 saturated carbocycles. The van der Waals surface area contributed by atoms with Crippen LogP contribution in [-0.2, 0) is 12.5 Å². The molecule has 0 radical (unpaired) electrons. The largest absolute Gasteiger partial charge is 0.275 e. The van der Waals surface area contributed by atoms with Crippen molar-refractivity contribution < 1.29 is 0 Å². The zero-order chi connectivity index (χ0) is 11.9. The lowest BCUT2D eigenvalue weighted by Gasteiger charge is -2.14. The predicted octanol–water partition coefficient (Wildman–Crippen LogP) is 3.15. The highest BCUT2D eigenvalue weighted by Gasteiger charge is 2.19. The zero-order valence-electron chi connectivity index (χ0n) is 10.4. The first kappa shape index (κ1) is 11.3. The summed E-state index contributed by atoms with van der Waals surface area (Å²) in [5.74, 6) is 0. The summed E-state index contributed by atoms with van der Waals surface area (Å²) in [6, 6.07) is 0. The fourth-order valence-corrected chi connectivity index (χ4v) is 2.66. The smallest absolute Gasteiger partial charge is 0.127 e. The van der Waals surface area contributed by atoms with E-state index in [1.807, 2.05) is 24.9 Å². The van der Waals surface area contributed by atoms with Gasteiger partial charge >= 0.3 is 0 Å². The van der Waals surface area contributed by atoms with E-state index >= 15 is 0 Å². The van der Waals surface area contributed by atoms with Crippen molar-refractivity contribution in [2.75, 3.05) is 0 Å². The summed E-state index contributed by atoms with van der Waals surface area (Å²) < 4.78 is 1.84. The molecule has 0 N–H and O–H groups in total. The normalized spacial score (nSPS) is 12.1. The third kappa shape index (κ3) is 2.02. The highest BCUT2D eigenvalue weighted by molar-refractivity contribution is 7.13. The van der Waals surface area contributed by atoms with Crippen molar-refractivity contribution in [2.24, 2.45) is 7.05 Å². The Morgan fingerprint density at radius 3 is 2.44 bits per heavy atom. The highest BCUT2D eigenvalue weighted by Crippen LogP contribution is 2.30. The lowest BCUT2D eigenvalue weighted by atomic mass is 9.93. The molecule has 16 heavy (non-hydrogen) atoms. The number of hydrogen-bond donors (Lipinski definition) is 0. The maximum atomic E-state index is 4.69. The van der Waals surface area contributed by atoms with Gasteiger partial charge in [-0.05, 0) is 6.92 Å². The molecule has 2 rings (SSSR count). The van der Waals surface area contributed by atoms with Crippen LogP contribution in [0.5, 0.6) is 0 Å². The third-order valence-electron chi connectivity index (χ3n) is 2.52. The Hall–Kier alpha value is -1.16. The molecule has 0 aliphatic heterocycles. The van der Waals surface area contributed by atoms with E-state index in [-0.39, 0.29) is 5.41 Å². The molecule has 86 valence electrons. The van der Waals surface area contributed by atoms with E-state index < -0.39 is 0 Å². The van der Waals surface area contributed by atoms with Gasteiger partial charge in [0.05, 0.1) is 17.0 Å². The summed E-state index contributed by atoms with van der Waals surface area (Å²) in [6.45, 7) is 8.57. The number of nitrogens with zero attached hydrogens (tertiary/aromatic N) is 3. The number of aromatic nitrogens is 3. The number of thiazole rings is 1. The van der Waals surface area contributed by atoms with Gasteiger partial charge in [0, 0.05) is 24.0 Å². The quantitative estimate of drug-likeness (QED) is 0.760. The molecule has 0 amide bonds. The molecule has 0 unspecified atom stereocenters. The zero-order valence-corrected chi connectivity index (χ0v) is 11.2. The van der Waals surface area contributed by atoms with E-state index in [1.165, 1.54) is 0 Å². The molecule has 0 bridgehead atoms. The van der Waals surface area contributed by atoms with E-state index in [9.17, 15) is 0 Å². The summed E-state index contributed by atoms with van der Waals surface area (Å²) in [7, 11) is 1.94. The van der Waals surface area contributed by atoms with Crippen molar-refractivity contribution in [3.05, 3.63) is 23.0 Å². The van der Waals surface area contributed by atoms with Crippen LogP contribution in [0, 0.1) is 6.92 Å². The van der Waals surface area contributed by atoms with Crippen LogP contribution in [0.2, 0.25) is 0 Å². The fraction of sp³-hybridized carbons (Fsp3) is 0.500.